The zero-order valence-electron chi connectivity index (χ0n) is 13.7. The predicted octanol–water partition coefficient (Wildman–Crippen LogP) is 4.54. The SMILES string of the molecule is C=C[C@](C)(CCC=C(C)C)[C@H](O)Cc1ccc(OC)cc1. The monoisotopic (exact) mass is 288 g/mol. The Bertz CT molecular complexity index is 469. The van der Waals surface area contributed by atoms with Gasteiger partial charge in [-0.15, -0.1) is 6.58 Å². The Balaban J connectivity index is 2.70. The van der Waals surface area contributed by atoms with E-state index in [9.17, 15) is 5.11 Å². The molecule has 0 saturated heterocycles. The van der Waals surface area contributed by atoms with Crippen molar-refractivity contribution in [3.05, 3.63) is 54.1 Å². The van der Waals surface area contributed by atoms with Crippen molar-refractivity contribution in [1.29, 1.82) is 0 Å². The lowest BCUT2D eigenvalue weighted by molar-refractivity contribution is 0.0655. The third kappa shape index (κ3) is 5.39. The molecule has 0 heterocycles. The van der Waals surface area contributed by atoms with Crippen molar-refractivity contribution in [2.75, 3.05) is 7.11 Å². The van der Waals surface area contributed by atoms with Crippen molar-refractivity contribution >= 4 is 0 Å². The maximum atomic E-state index is 10.6. The molecule has 1 aromatic rings. The molecule has 0 bridgehead atoms. The van der Waals surface area contributed by atoms with Crippen LogP contribution in [0.4, 0.5) is 0 Å². The fourth-order valence-electron chi connectivity index (χ4n) is 2.29. The number of ether oxygens (including phenoxy) is 1. The first-order valence-electron chi connectivity index (χ1n) is 7.49. The Morgan fingerprint density at radius 1 is 1.33 bits per heavy atom. The second-order valence-electron chi connectivity index (χ2n) is 6.10. The Hall–Kier alpha value is -1.54. The van der Waals surface area contributed by atoms with Gasteiger partial charge in [0.2, 0.25) is 0 Å². The van der Waals surface area contributed by atoms with Gasteiger partial charge in [-0.2, -0.15) is 0 Å². The first-order valence-corrected chi connectivity index (χ1v) is 7.49. The van der Waals surface area contributed by atoms with E-state index in [0.29, 0.717) is 6.42 Å². The highest BCUT2D eigenvalue weighted by Gasteiger charge is 2.29. The van der Waals surface area contributed by atoms with Crippen LogP contribution < -0.4 is 4.74 Å². The van der Waals surface area contributed by atoms with E-state index in [-0.39, 0.29) is 5.41 Å². The molecule has 2 nitrogen and oxygen atoms in total. The van der Waals surface area contributed by atoms with Crippen LogP contribution in [0.25, 0.3) is 0 Å². The molecule has 1 rings (SSSR count). The Morgan fingerprint density at radius 2 is 1.95 bits per heavy atom. The molecule has 0 unspecified atom stereocenters. The standard InChI is InChI=1S/C19H28O2/c1-6-19(4,13-7-8-15(2)3)18(20)14-16-9-11-17(21-5)12-10-16/h6,8-12,18,20H,1,7,13-14H2,2-5H3/t18-,19-/m1/s1. The molecule has 21 heavy (non-hydrogen) atoms. The Morgan fingerprint density at radius 3 is 2.43 bits per heavy atom. The van der Waals surface area contributed by atoms with Crippen LogP contribution in [0.3, 0.4) is 0 Å². The van der Waals surface area contributed by atoms with E-state index in [1.165, 1.54) is 5.57 Å². The summed E-state index contributed by atoms with van der Waals surface area (Å²) in [6.07, 6.45) is 6.15. The molecule has 0 fully saturated rings. The maximum Gasteiger partial charge on any atom is 0.118 e. The molecule has 0 aliphatic rings. The first-order chi connectivity index (χ1) is 9.91. The highest BCUT2D eigenvalue weighted by atomic mass is 16.5. The lowest BCUT2D eigenvalue weighted by Gasteiger charge is -2.31. The number of rotatable bonds is 8. The first kappa shape index (κ1) is 17.5. The van der Waals surface area contributed by atoms with Crippen molar-refractivity contribution in [2.45, 2.75) is 46.1 Å². The van der Waals surface area contributed by atoms with Crippen LogP contribution in [0.1, 0.15) is 39.2 Å². The molecule has 2 heteroatoms. The lowest BCUT2D eigenvalue weighted by atomic mass is 9.77. The number of methoxy groups -OCH3 is 1. The fraction of sp³-hybridized carbons (Fsp3) is 0.474. The third-order valence-corrected chi connectivity index (χ3v) is 4.05. The molecule has 1 N–H and O–H groups in total. The Kier molecular flexibility index (Phi) is 6.70. The van der Waals surface area contributed by atoms with E-state index in [2.05, 4.69) is 33.4 Å². The van der Waals surface area contributed by atoms with E-state index < -0.39 is 6.10 Å². The van der Waals surface area contributed by atoms with Gasteiger partial charge >= 0.3 is 0 Å². The molecule has 1 aromatic carbocycles. The van der Waals surface area contributed by atoms with Gasteiger partial charge in [-0.1, -0.05) is 36.8 Å². The molecule has 2 atom stereocenters. The van der Waals surface area contributed by atoms with E-state index in [0.717, 1.165) is 24.2 Å². The van der Waals surface area contributed by atoms with Gasteiger partial charge in [0, 0.05) is 5.41 Å². The van der Waals surface area contributed by atoms with Crippen molar-refractivity contribution < 1.29 is 9.84 Å². The van der Waals surface area contributed by atoms with E-state index in [1.807, 2.05) is 30.3 Å². The van der Waals surface area contributed by atoms with Crippen LogP contribution in [-0.2, 0) is 6.42 Å². The summed E-state index contributed by atoms with van der Waals surface area (Å²) in [6.45, 7) is 10.2. The van der Waals surface area contributed by atoms with Crippen LogP contribution in [-0.4, -0.2) is 18.3 Å². The predicted molar refractivity (Wildman–Crippen MR) is 89.7 cm³/mol. The lowest BCUT2D eigenvalue weighted by Crippen LogP contribution is -2.32. The minimum absolute atomic E-state index is 0.272. The van der Waals surface area contributed by atoms with Crippen molar-refractivity contribution in [3.8, 4) is 5.75 Å². The highest BCUT2D eigenvalue weighted by Crippen LogP contribution is 2.31. The van der Waals surface area contributed by atoms with Gasteiger partial charge < -0.3 is 9.84 Å². The Labute approximate surface area is 129 Å². The van der Waals surface area contributed by atoms with Gasteiger partial charge in [0.05, 0.1) is 13.2 Å². The fourth-order valence-corrected chi connectivity index (χ4v) is 2.29. The van der Waals surface area contributed by atoms with Crippen molar-refractivity contribution in [2.24, 2.45) is 5.41 Å². The van der Waals surface area contributed by atoms with Crippen LogP contribution in [0.5, 0.6) is 5.75 Å². The zero-order valence-corrected chi connectivity index (χ0v) is 13.7. The minimum atomic E-state index is -0.436. The molecular formula is C19H28O2. The van der Waals surface area contributed by atoms with Crippen LogP contribution in [0.15, 0.2) is 48.6 Å². The van der Waals surface area contributed by atoms with E-state index in [1.54, 1.807) is 7.11 Å². The summed E-state index contributed by atoms with van der Waals surface area (Å²) in [4.78, 5) is 0. The molecule has 0 radical (unpaired) electrons. The maximum absolute atomic E-state index is 10.6. The van der Waals surface area contributed by atoms with Gasteiger partial charge in [0.1, 0.15) is 5.75 Å². The summed E-state index contributed by atoms with van der Waals surface area (Å²) in [5.74, 6) is 0.836. The van der Waals surface area contributed by atoms with E-state index >= 15 is 0 Å². The largest absolute Gasteiger partial charge is 0.497 e. The van der Waals surface area contributed by atoms with Crippen molar-refractivity contribution in [3.63, 3.8) is 0 Å². The van der Waals surface area contributed by atoms with Gasteiger partial charge in [0.25, 0.3) is 0 Å². The van der Waals surface area contributed by atoms with Gasteiger partial charge in [0.15, 0.2) is 0 Å². The topological polar surface area (TPSA) is 29.5 Å². The molecule has 0 aliphatic heterocycles. The van der Waals surface area contributed by atoms with Crippen LogP contribution >= 0.6 is 0 Å². The molecule has 0 spiro atoms. The number of hydrogen-bond acceptors (Lipinski definition) is 2. The number of aliphatic hydroxyl groups is 1. The van der Waals surface area contributed by atoms with Gasteiger partial charge in [-0.05, 0) is 50.8 Å². The summed E-state index contributed by atoms with van der Waals surface area (Å²) in [5, 5.41) is 10.6. The molecule has 116 valence electrons. The zero-order chi connectivity index (χ0) is 15.9. The van der Waals surface area contributed by atoms with Gasteiger partial charge in [-0.3, -0.25) is 0 Å². The smallest absolute Gasteiger partial charge is 0.118 e. The van der Waals surface area contributed by atoms with Crippen LogP contribution in [0.2, 0.25) is 0 Å². The second-order valence-corrected chi connectivity index (χ2v) is 6.10. The molecule has 0 aliphatic carbocycles. The molecule has 0 aromatic heterocycles. The summed E-state index contributed by atoms with van der Waals surface area (Å²) >= 11 is 0. The quantitative estimate of drug-likeness (QED) is 0.712. The highest BCUT2D eigenvalue weighted by molar-refractivity contribution is 5.27. The van der Waals surface area contributed by atoms with Crippen molar-refractivity contribution in [1.82, 2.24) is 0 Å². The van der Waals surface area contributed by atoms with Crippen LogP contribution in [0, 0.1) is 5.41 Å². The summed E-state index contributed by atoms with van der Waals surface area (Å²) in [7, 11) is 1.65. The number of benzene rings is 1. The number of hydrogen-bond donors (Lipinski definition) is 1. The van der Waals surface area contributed by atoms with E-state index in [4.69, 9.17) is 4.74 Å². The normalized spacial score (nSPS) is 14.9. The van der Waals surface area contributed by atoms with Gasteiger partial charge in [-0.25, -0.2) is 0 Å². The molecular weight excluding hydrogens is 260 g/mol. The molecule has 0 saturated carbocycles. The summed E-state index contributed by atoms with van der Waals surface area (Å²) in [5.41, 5.74) is 2.15. The average molecular weight is 288 g/mol. The number of allylic oxidation sites excluding steroid dienone is 2. The second kappa shape index (κ2) is 8.04. The average Bonchev–Trinajstić information content (AvgIpc) is 2.47. The summed E-state index contributed by atoms with van der Waals surface area (Å²) in [6, 6.07) is 7.86. The molecule has 0 amide bonds. The minimum Gasteiger partial charge on any atom is -0.497 e. The number of aliphatic hydroxyl groups excluding tert-OH is 1. The third-order valence-electron chi connectivity index (χ3n) is 4.05. The summed E-state index contributed by atoms with van der Waals surface area (Å²) < 4.78 is 5.15.